The molecule has 0 spiro atoms. The molecule has 0 fully saturated rings. The third kappa shape index (κ3) is 6.76. The Balaban J connectivity index is 6.00. The molecule has 0 heterocycles. The van der Waals surface area contributed by atoms with Crippen LogP contribution < -0.4 is 0 Å². The molecule has 1 N–H and O–H groups in total. The van der Waals surface area contributed by atoms with Crippen LogP contribution in [0.4, 0.5) is 26.3 Å². The van der Waals surface area contributed by atoms with Gasteiger partial charge in [-0.3, -0.25) is 4.79 Å². The topological polar surface area (TPSA) is 46.5 Å². The van der Waals surface area contributed by atoms with Crippen LogP contribution in [0, 0.1) is 22.7 Å². The highest BCUT2D eigenvalue weighted by Crippen LogP contribution is 2.48. The van der Waals surface area contributed by atoms with E-state index in [9.17, 15) is 36.2 Å². The molecule has 3 nitrogen and oxygen atoms in total. The second-order valence-corrected chi connectivity index (χ2v) is 9.90. The van der Waals surface area contributed by atoms with Crippen molar-refractivity contribution in [2.24, 2.45) is 22.7 Å². The molecule has 9 heteroatoms. The molecule has 174 valence electrons. The van der Waals surface area contributed by atoms with Crippen LogP contribution in [0.3, 0.4) is 0 Å². The molecule has 0 saturated carbocycles. The highest BCUT2D eigenvalue weighted by Gasteiger charge is 2.71. The van der Waals surface area contributed by atoms with Crippen molar-refractivity contribution in [2.45, 2.75) is 98.7 Å². The predicted octanol–water partition coefficient (Wildman–Crippen LogP) is 6.29. The standard InChI is InChI=1S/C20H34F6O3/c1-12(2)9-14(11-18(28,19(21,22)23)20(24,25)26)29-15(27)17(8,10-13(3)4)16(5,6)7/h12-14,28H,9-11H2,1-8H3. The number of halogens is 6. The van der Waals surface area contributed by atoms with Crippen molar-refractivity contribution < 1.29 is 41.0 Å². The van der Waals surface area contributed by atoms with Crippen molar-refractivity contribution >= 4 is 5.97 Å². The Labute approximate surface area is 169 Å². The van der Waals surface area contributed by atoms with Gasteiger partial charge in [0.1, 0.15) is 6.10 Å². The number of alkyl halides is 6. The van der Waals surface area contributed by atoms with Crippen LogP contribution in [0.15, 0.2) is 0 Å². The molecule has 2 unspecified atom stereocenters. The van der Waals surface area contributed by atoms with Gasteiger partial charge in [-0.25, -0.2) is 0 Å². The van der Waals surface area contributed by atoms with Crippen LogP contribution >= 0.6 is 0 Å². The lowest BCUT2D eigenvalue weighted by atomic mass is 9.64. The highest BCUT2D eigenvalue weighted by atomic mass is 19.4. The molecule has 0 aromatic carbocycles. The van der Waals surface area contributed by atoms with Crippen molar-refractivity contribution in [1.29, 1.82) is 0 Å². The average Bonchev–Trinajstić information content (AvgIpc) is 2.41. The SMILES string of the molecule is CC(C)CC(CC(O)(C(F)(F)F)C(F)(F)F)OC(=O)C(C)(CC(C)C)C(C)(C)C. The first kappa shape index (κ1) is 28.0. The number of esters is 1. The minimum absolute atomic E-state index is 0.0395. The van der Waals surface area contributed by atoms with Gasteiger partial charge in [0.05, 0.1) is 5.41 Å². The molecule has 2 atom stereocenters. The largest absolute Gasteiger partial charge is 0.462 e. The smallest absolute Gasteiger partial charge is 0.426 e. The van der Waals surface area contributed by atoms with Crippen LogP contribution in [0.2, 0.25) is 0 Å². The summed E-state index contributed by atoms with van der Waals surface area (Å²) < 4.78 is 84.0. The second-order valence-electron chi connectivity index (χ2n) is 9.90. The Bertz CT molecular complexity index is 532. The number of rotatable bonds is 8. The molecule has 0 aromatic heterocycles. The lowest BCUT2D eigenvalue weighted by Crippen LogP contribution is -2.59. The van der Waals surface area contributed by atoms with Gasteiger partial charge in [0, 0.05) is 6.42 Å². The number of carbonyl (C=O) groups excluding carboxylic acids is 1. The molecule has 0 radical (unpaired) electrons. The van der Waals surface area contributed by atoms with E-state index in [4.69, 9.17) is 4.74 Å². The highest BCUT2D eigenvalue weighted by molar-refractivity contribution is 5.77. The maximum absolute atomic E-state index is 13.1. The summed E-state index contributed by atoms with van der Waals surface area (Å²) in [5, 5.41) is 9.55. The first-order valence-corrected chi connectivity index (χ1v) is 9.65. The normalized spacial score (nSPS) is 17.4. The third-order valence-corrected chi connectivity index (χ3v) is 5.39. The zero-order valence-electron chi connectivity index (χ0n) is 18.4. The molecule has 0 amide bonds. The van der Waals surface area contributed by atoms with Gasteiger partial charge in [-0.15, -0.1) is 0 Å². The molecule has 0 aromatic rings. The lowest BCUT2D eigenvalue weighted by Gasteiger charge is -2.42. The van der Waals surface area contributed by atoms with Crippen LogP contribution in [-0.2, 0) is 9.53 Å². The van der Waals surface area contributed by atoms with E-state index >= 15 is 0 Å². The summed E-state index contributed by atoms with van der Waals surface area (Å²) in [6.45, 7) is 13.8. The van der Waals surface area contributed by atoms with Gasteiger partial charge in [-0.2, -0.15) is 26.3 Å². The van der Waals surface area contributed by atoms with Gasteiger partial charge >= 0.3 is 18.3 Å². The summed E-state index contributed by atoms with van der Waals surface area (Å²) in [4.78, 5) is 13.0. The van der Waals surface area contributed by atoms with Gasteiger partial charge in [0.15, 0.2) is 0 Å². The fourth-order valence-corrected chi connectivity index (χ4v) is 3.21. The van der Waals surface area contributed by atoms with Gasteiger partial charge in [0.2, 0.25) is 0 Å². The third-order valence-electron chi connectivity index (χ3n) is 5.39. The molecular formula is C20H34F6O3. The average molecular weight is 436 g/mol. The van der Waals surface area contributed by atoms with E-state index in [-0.39, 0.29) is 18.3 Å². The fraction of sp³-hybridized carbons (Fsp3) is 0.950. The number of hydrogen-bond acceptors (Lipinski definition) is 3. The molecule has 0 aliphatic heterocycles. The first-order valence-electron chi connectivity index (χ1n) is 9.65. The quantitative estimate of drug-likeness (QED) is 0.359. The fourth-order valence-electron chi connectivity index (χ4n) is 3.21. The van der Waals surface area contributed by atoms with Gasteiger partial charge < -0.3 is 9.84 Å². The zero-order valence-corrected chi connectivity index (χ0v) is 18.4. The van der Waals surface area contributed by atoms with Crippen LogP contribution in [0.1, 0.15) is 74.7 Å². The maximum atomic E-state index is 13.1. The van der Waals surface area contributed by atoms with E-state index in [1.54, 1.807) is 41.5 Å². The molecule has 0 rings (SSSR count). The van der Waals surface area contributed by atoms with Crippen molar-refractivity contribution in [2.75, 3.05) is 0 Å². The molecule has 0 aliphatic carbocycles. The zero-order chi connectivity index (χ0) is 23.6. The monoisotopic (exact) mass is 436 g/mol. The summed E-state index contributed by atoms with van der Waals surface area (Å²) in [5.41, 5.74) is -6.75. The number of aliphatic hydroxyl groups is 1. The Morgan fingerprint density at radius 2 is 1.24 bits per heavy atom. The van der Waals surface area contributed by atoms with E-state index in [2.05, 4.69) is 0 Å². The minimum Gasteiger partial charge on any atom is -0.462 e. The Morgan fingerprint density at radius 1 is 0.828 bits per heavy atom. The number of ether oxygens (including phenoxy) is 1. The maximum Gasteiger partial charge on any atom is 0.426 e. The van der Waals surface area contributed by atoms with E-state index in [1.807, 2.05) is 13.8 Å². The van der Waals surface area contributed by atoms with E-state index in [0.717, 1.165) is 0 Å². The van der Waals surface area contributed by atoms with Crippen molar-refractivity contribution in [3.05, 3.63) is 0 Å². The van der Waals surface area contributed by atoms with Gasteiger partial charge in [0.25, 0.3) is 5.60 Å². The van der Waals surface area contributed by atoms with Gasteiger partial charge in [-0.1, -0.05) is 48.5 Å². The first-order chi connectivity index (χ1) is 12.6. The number of carbonyl (C=O) groups is 1. The molecule has 0 bridgehead atoms. The van der Waals surface area contributed by atoms with Crippen molar-refractivity contribution in [3.8, 4) is 0 Å². The Morgan fingerprint density at radius 3 is 1.52 bits per heavy atom. The van der Waals surface area contributed by atoms with Crippen LogP contribution in [0.5, 0.6) is 0 Å². The molecule has 0 aliphatic rings. The van der Waals surface area contributed by atoms with Crippen molar-refractivity contribution in [1.82, 2.24) is 0 Å². The molecule has 0 saturated heterocycles. The minimum atomic E-state index is -5.96. The van der Waals surface area contributed by atoms with E-state index in [1.165, 1.54) is 0 Å². The molecular weight excluding hydrogens is 402 g/mol. The summed E-state index contributed by atoms with van der Waals surface area (Å²) >= 11 is 0. The predicted molar refractivity (Wildman–Crippen MR) is 98.0 cm³/mol. The summed E-state index contributed by atoms with van der Waals surface area (Å²) in [7, 11) is 0. The summed E-state index contributed by atoms with van der Waals surface area (Å²) in [6.07, 6.45) is -15.4. The van der Waals surface area contributed by atoms with Crippen LogP contribution in [0.25, 0.3) is 0 Å². The van der Waals surface area contributed by atoms with Crippen LogP contribution in [-0.4, -0.2) is 35.1 Å². The molecule has 29 heavy (non-hydrogen) atoms. The summed E-state index contributed by atoms with van der Waals surface area (Å²) in [6, 6.07) is 0. The summed E-state index contributed by atoms with van der Waals surface area (Å²) in [5.74, 6) is -1.18. The number of hydrogen-bond donors (Lipinski definition) is 1. The van der Waals surface area contributed by atoms with E-state index < -0.39 is 47.3 Å². The van der Waals surface area contributed by atoms with Crippen molar-refractivity contribution in [3.63, 3.8) is 0 Å². The second kappa shape index (κ2) is 9.02. The Hall–Kier alpha value is -0.990. The Kier molecular flexibility index (Phi) is 8.71. The lowest BCUT2D eigenvalue weighted by molar-refractivity contribution is -0.374. The van der Waals surface area contributed by atoms with Gasteiger partial charge in [-0.05, 0) is 37.0 Å². The van der Waals surface area contributed by atoms with E-state index in [0.29, 0.717) is 6.42 Å².